The summed E-state index contributed by atoms with van der Waals surface area (Å²) in [6, 6.07) is 0. The Kier molecular flexibility index (Phi) is 4.13. The van der Waals surface area contributed by atoms with Crippen LogP contribution in [0.3, 0.4) is 0 Å². The molecule has 0 spiro atoms. The third-order valence-electron chi connectivity index (χ3n) is 1.82. The summed E-state index contributed by atoms with van der Waals surface area (Å²) in [6.07, 6.45) is -4.71. The average Bonchev–Trinajstić information content (AvgIpc) is 2.14. The van der Waals surface area contributed by atoms with Gasteiger partial charge in [0.2, 0.25) is 0 Å². The van der Waals surface area contributed by atoms with Gasteiger partial charge in [0.25, 0.3) is 11.7 Å². The molecule has 0 saturated carbocycles. The van der Waals surface area contributed by atoms with E-state index in [4.69, 9.17) is 35.7 Å². The second kappa shape index (κ2) is 4.37. The standard InChI is InChI=1S/C6H13NO8/c7-4(11)6(14,15)5(12,13)3(10)2(9)1-8/h2-3,8-10,12-15H,1H2,(H2,7,11)/t2-,3-/m0/s1. The van der Waals surface area contributed by atoms with Gasteiger partial charge in [0.15, 0.2) is 0 Å². The van der Waals surface area contributed by atoms with Gasteiger partial charge in [0, 0.05) is 0 Å². The molecule has 0 fully saturated rings. The monoisotopic (exact) mass is 227 g/mol. The fourth-order valence-corrected chi connectivity index (χ4v) is 0.756. The average molecular weight is 227 g/mol. The molecule has 0 aliphatic heterocycles. The third kappa shape index (κ3) is 2.41. The van der Waals surface area contributed by atoms with E-state index < -0.39 is 36.3 Å². The second-order valence-electron chi connectivity index (χ2n) is 2.96. The van der Waals surface area contributed by atoms with Crippen molar-refractivity contribution in [3.8, 4) is 0 Å². The number of nitrogens with two attached hydrogens (primary N) is 1. The smallest absolute Gasteiger partial charge is 0.303 e. The molecule has 0 unspecified atom stereocenters. The van der Waals surface area contributed by atoms with Crippen LogP contribution < -0.4 is 5.73 Å². The van der Waals surface area contributed by atoms with Crippen molar-refractivity contribution in [1.29, 1.82) is 0 Å². The van der Waals surface area contributed by atoms with Crippen molar-refractivity contribution in [2.75, 3.05) is 6.61 Å². The van der Waals surface area contributed by atoms with E-state index in [1.807, 2.05) is 0 Å². The van der Waals surface area contributed by atoms with E-state index >= 15 is 0 Å². The maximum atomic E-state index is 10.4. The Morgan fingerprint density at radius 2 is 1.60 bits per heavy atom. The lowest BCUT2D eigenvalue weighted by molar-refractivity contribution is -0.374. The highest BCUT2D eigenvalue weighted by atomic mass is 16.6. The molecule has 0 rings (SSSR count). The fourth-order valence-electron chi connectivity index (χ4n) is 0.756. The molecule has 0 aromatic heterocycles. The van der Waals surface area contributed by atoms with Gasteiger partial charge in [-0.15, -0.1) is 0 Å². The van der Waals surface area contributed by atoms with Gasteiger partial charge >= 0.3 is 5.79 Å². The molecule has 9 N–H and O–H groups in total. The first kappa shape index (κ1) is 14.2. The van der Waals surface area contributed by atoms with E-state index in [1.165, 1.54) is 0 Å². The van der Waals surface area contributed by atoms with E-state index in [1.54, 1.807) is 0 Å². The Morgan fingerprint density at radius 1 is 1.20 bits per heavy atom. The lowest BCUT2D eigenvalue weighted by Gasteiger charge is -2.37. The Balaban J connectivity index is 5.04. The van der Waals surface area contributed by atoms with E-state index in [9.17, 15) is 4.79 Å². The summed E-state index contributed by atoms with van der Waals surface area (Å²) >= 11 is 0. The van der Waals surface area contributed by atoms with Gasteiger partial charge in [0.1, 0.15) is 12.2 Å². The number of primary amides is 1. The highest BCUT2D eigenvalue weighted by Gasteiger charge is 2.58. The van der Waals surface area contributed by atoms with Gasteiger partial charge in [-0.05, 0) is 0 Å². The predicted octanol–water partition coefficient (Wildman–Crippen LogP) is -5.45. The summed E-state index contributed by atoms with van der Waals surface area (Å²) < 4.78 is 0. The largest absolute Gasteiger partial charge is 0.394 e. The number of aliphatic hydroxyl groups excluding tert-OH is 3. The first-order chi connectivity index (χ1) is 6.59. The van der Waals surface area contributed by atoms with Crippen LogP contribution in [0.25, 0.3) is 0 Å². The minimum absolute atomic E-state index is 1.10. The van der Waals surface area contributed by atoms with Gasteiger partial charge in [0.05, 0.1) is 6.61 Å². The quantitative estimate of drug-likeness (QED) is 0.214. The van der Waals surface area contributed by atoms with Crippen LogP contribution in [-0.4, -0.2) is 72.0 Å². The molecular formula is C6H13NO8. The summed E-state index contributed by atoms with van der Waals surface area (Å²) in [7, 11) is 0. The molecule has 9 nitrogen and oxygen atoms in total. The summed E-state index contributed by atoms with van der Waals surface area (Å²) in [6.45, 7) is -1.10. The molecule has 0 heterocycles. The Labute approximate surface area is 83.6 Å². The Morgan fingerprint density at radius 3 is 1.87 bits per heavy atom. The fraction of sp³-hybridized carbons (Fsp3) is 0.833. The van der Waals surface area contributed by atoms with Crippen LogP contribution in [0, 0.1) is 0 Å². The highest BCUT2D eigenvalue weighted by molar-refractivity contribution is 5.82. The van der Waals surface area contributed by atoms with E-state index in [0.29, 0.717) is 0 Å². The van der Waals surface area contributed by atoms with Crippen molar-refractivity contribution < 1.29 is 40.5 Å². The van der Waals surface area contributed by atoms with Gasteiger partial charge in [-0.1, -0.05) is 0 Å². The van der Waals surface area contributed by atoms with Gasteiger partial charge in [-0.25, -0.2) is 0 Å². The first-order valence-corrected chi connectivity index (χ1v) is 3.75. The topological polar surface area (TPSA) is 185 Å². The zero-order valence-electron chi connectivity index (χ0n) is 7.48. The van der Waals surface area contributed by atoms with Crippen LogP contribution in [0.1, 0.15) is 0 Å². The summed E-state index contributed by atoms with van der Waals surface area (Å²) in [5.41, 5.74) is 4.42. The molecule has 1 amide bonds. The van der Waals surface area contributed by atoms with Crippen molar-refractivity contribution in [3.63, 3.8) is 0 Å². The predicted molar refractivity (Wildman–Crippen MR) is 42.6 cm³/mol. The van der Waals surface area contributed by atoms with Crippen LogP contribution in [0.15, 0.2) is 0 Å². The SMILES string of the molecule is NC(=O)C(O)(O)C(O)(O)[C@@H](O)[C@@H](O)CO. The Bertz CT molecular complexity index is 239. The number of rotatable bonds is 5. The second-order valence-corrected chi connectivity index (χ2v) is 2.96. The summed E-state index contributed by atoms with van der Waals surface area (Å²) in [5.74, 6) is -9.64. The Hall–Kier alpha value is -0.810. The molecule has 2 atom stereocenters. The normalized spacial score (nSPS) is 17.3. The van der Waals surface area contributed by atoms with Crippen LogP contribution >= 0.6 is 0 Å². The molecule has 0 aliphatic carbocycles. The van der Waals surface area contributed by atoms with Crippen molar-refractivity contribution in [2.45, 2.75) is 23.8 Å². The van der Waals surface area contributed by atoms with Gasteiger partial charge in [-0.2, -0.15) is 0 Å². The third-order valence-corrected chi connectivity index (χ3v) is 1.82. The number of carbonyl (C=O) groups excluding carboxylic acids is 1. The molecule has 15 heavy (non-hydrogen) atoms. The van der Waals surface area contributed by atoms with Crippen LogP contribution in [-0.2, 0) is 4.79 Å². The van der Waals surface area contributed by atoms with Crippen LogP contribution in [0.5, 0.6) is 0 Å². The zero-order valence-corrected chi connectivity index (χ0v) is 7.48. The van der Waals surface area contributed by atoms with Crippen molar-refractivity contribution in [3.05, 3.63) is 0 Å². The van der Waals surface area contributed by atoms with Crippen LogP contribution in [0.2, 0.25) is 0 Å². The number of carbonyl (C=O) groups is 1. The minimum atomic E-state index is -3.87. The molecule has 0 aromatic carbocycles. The number of amides is 1. The first-order valence-electron chi connectivity index (χ1n) is 3.75. The molecular weight excluding hydrogens is 214 g/mol. The molecule has 0 saturated heterocycles. The molecule has 0 radical (unpaired) electrons. The van der Waals surface area contributed by atoms with Crippen molar-refractivity contribution in [2.24, 2.45) is 5.73 Å². The number of aliphatic hydroxyl groups is 7. The van der Waals surface area contributed by atoms with Gasteiger partial charge in [-0.3, -0.25) is 4.79 Å². The lowest BCUT2D eigenvalue weighted by atomic mass is 9.95. The molecule has 90 valence electrons. The van der Waals surface area contributed by atoms with E-state index in [-0.39, 0.29) is 0 Å². The number of hydrogen-bond donors (Lipinski definition) is 8. The number of hydrogen-bond acceptors (Lipinski definition) is 8. The maximum Gasteiger partial charge on any atom is 0.303 e. The minimum Gasteiger partial charge on any atom is -0.394 e. The molecule has 0 aromatic rings. The van der Waals surface area contributed by atoms with Crippen molar-refractivity contribution in [1.82, 2.24) is 0 Å². The van der Waals surface area contributed by atoms with E-state index in [0.717, 1.165) is 0 Å². The van der Waals surface area contributed by atoms with Crippen LogP contribution in [0.4, 0.5) is 0 Å². The molecule has 0 aliphatic rings. The lowest BCUT2D eigenvalue weighted by Crippen LogP contribution is -2.69. The highest BCUT2D eigenvalue weighted by Crippen LogP contribution is 2.22. The molecule has 0 bridgehead atoms. The van der Waals surface area contributed by atoms with E-state index in [2.05, 4.69) is 5.73 Å². The maximum absolute atomic E-state index is 10.4. The van der Waals surface area contributed by atoms with Crippen molar-refractivity contribution >= 4 is 5.91 Å². The summed E-state index contributed by atoms with van der Waals surface area (Å²) in [5, 5.41) is 61.9. The summed E-state index contributed by atoms with van der Waals surface area (Å²) in [4.78, 5) is 10.4. The zero-order chi connectivity index (χ0) is 12.4. The molecule has 9 heteroatoms. The van der Waals surface area contributed by atoms with Gasteiger partial charge < -0.3 is 41.5 Å².